The molecule has 5 heterocycles. The smallest absolute Gasteiger partial charge is 0.305 e. The fourth-order valence-corrected chi connectivity index (χ4v) is 6.63. The standard InChI is InChI=1S/C31H38N8O3/c1-19-8-10-21(11-9-19)17-39-26-25(23-14-20(2)15-32-16-23)33-28(29-36-31(40)42-37-29)34-27(26)35-30(39)38-12-13-41-18-24(38)22-6-4-3-5-7-22/h3-7,14-16,19,21,24,30-31,40H,8-13,17-18H2,1-2H3,(H,36,37)(H,33,34,35)/t19-,21-,24-,30?,31+/m0/s1. The van der Waals surface area contributed by atoms with E-state index in [-0.39, 0.29) is 12.3 Å². The van der Waals surface area contributed by atoms with Crippen LogP contribution in [0.5, 0.6) is 0 Å². The third-order valence-corrected chi connectivity index (χ3v) is 8.86. The summed E-state index contributed by atoms with van der Waals surface area (Å²) in [5.41, 5.74) is 4.92. The van der Waals surface area contributed by atoms with Crippen LogP contribution in [0.3, 0.4) is 0 Å². The molecule has 0 bridgehead atoms. The average molecular weight is 571 g/mol. The van der Waals surface area contributed by atoms with Crippen LogP contribution in [-0.2, 0) is 9.57 Å². The summed E-state index contributed by atoms with van der Waals surface area (Å²) < 4.78 is 6.02. The first-order valence-corrected chi connectivity index (χ1v) is 15.0. The number of morpholine rings is 1. The Morgan fingerprint density at radius 3 is 2.64 bits per heavy atom. The quantitative estimate of drug-likeness (QED) is 0.403. The molecule has 0 radical (unpaired) electrons. The summed E-state index contributed by atoms with van der Waals surface area (Å²) >= 11 is 0. The monoisotopic (exact) mass is 570 g/mol. The summed E-state index contributed by atoms with van der Waals surface area (Å²) in [6, 6.07) is 12.8. The fraction of sp³-hybridized carbons (Fsp3) is 0.484. The normalized spacial score (nSPS) is 27.5. The van der Waals surface area contributed by atoms with Crippen molar-refractivity contribution < 1.29 is 14.7 Å². The van der Waals surface area contributed by atoms with Gasteiger partial charge in [0, 0.05) is 31.0 Å². The number of ether oxygens (including phenoxy) is 1. The van der Waals surface area contributed by atoms with Crippen LogP contribution in [0.15, 0.2) is 53.9 Å². The molecule has 1 aromatic carbocycles. The molecule has 7 rings (SSSR count). The van der Waals surface area contributed by atoms with Crippen LogP contribution < -0.4 is 15.5 Å². The molecule has 0 amide bonds. The maximum Gasteiger partial charge on any atom is 0.305 e. The maximum atomic E-state index is 9.91. The van der Waals surface area contributed by atoms with Crippen molar-refractivity contribution >= 4 is 17.3 Å². The molecular weight excluding hydrogens is 532 g/mol. The van der Waals surface area contributed by atoms with E-state index < -0.39 is 6.41 Å². The molecule has 3 atom stereocenters. The number of amidine groups is 1. The van der Waals surface area contributed by atoms with Crippen molar-refractivity contribution in [3.63, 3.8) is 0 Å². The van der Waals surface area contributed by atoms with Gasteiger partial charge in [0.15, 0.2) is 12.1 Å². The number of hydrogen-bond donors (Lipinski definition) is 3. The number of hydrogen-bond acceptors (Lipinski definition) is 11. The Labute approximate surface area is 246 Å². The molecule has 3 N–H and O–H groups in total. The van der Waals surface area contributed by atoms with Gasteiger partial charge in [0.25, 0.3) is 0 Å². The van der Waals surface area contributed by atoms with Crippen molar-refractivity contribution in [2.24, 2.45) is 17.0 Å². The minimum absolute atomic E-state index is 0.0848. The number of aromatic nitrogens is 3. The van der Waals surface area contributed by atoms with Crippen LogP contribution in [0.1, 0.15) is 55.6 Å². The number of aliphatic hydroxyl groups excluding tert-OH is 1. The first-order valence-electron chi connectivity index (χ1n) is 15.0. The zero-order valence-electron chi connectivity index (χ0n) is 24.1. The third-order valence-electron chi connectivity index (χ3n) is 8.86. The molecule has 2 fully saturated rings. The van der Waals surface area contributed by atoms with E-state index in [0.29, 0.717) is 30.8 Å². The van der Waals surface area contributed by atoms with Gasteiger partial charge in [-0.3, -0.25) is 9.88 Å². The lowest BCUT2D eigenvalue weighted by atomic mass is 9.83. The van der Waals surface area contributed by atoms with Crippen molar-refractivity contribution in [2.45, 2.75) is 58.3 Å². The third kappa shape index (κ3) is 5.28. The SMILES string of the molecule is Cc1cncc(-c2nc(C3=NO[C@@H](O)N3)nc3c2N(C[C@H]2CC[C@H](C)CC2)C(N2CCOC[C@H]2c2ccccc2)N3)c1. The molecule has 2 aromatic heterocycles. The molecule has 11 heteroatoms. The highest BCUT2D eigenvalue weighted by Crippen LogP contribution is 2.45. The van der Waals surface area contributed by atoms with Crippen molar-refractivity contribution in [1.82, 2.24) is 25.2 Å². The second kappa shape index (κ2) is 11.5. The van der Waals surface area contributed by atoms with Crippen molar-refractivity contribution in [2.75, 3.05) is 36.5 Å². The predicted octanol–water partition coefficient (Wildman–Crippen LogP) is 3.82. The van der Waals surface area contributed by atoms with E-state index in [1.54, 1.807) is 0 Å². The number of aliphatic hydroxyl groups is 1. The number of fused-ring (bicyclic) bond motifs is 1. The lowest BCUT2D eigenvalue weighted by Crippen LogP contribution is -2.56. The highest BCUT2D eigenvalue weighted by atomic mass is 16.7. The zero-order chi connectivity index (χ0) is 28.6. The van der Waals surface area contributed by atoms with Crippen LogP contribution in [0.25, 0.3) is 11.3 Å². The highest BCUT2D eigenvalue weighted by molar-refractivity contribution is 5.98. The number of pyridine rings is 1. The molecule has 0 spiro atoms. The van der Waals surface area contributed by atoms with E-state index in [1.165, 1.54) is 31.2 Å². The first kappa shape index (κ1) is 27.1. The second-order valence-electron chi connectivity index (χ2n) is 11.9. The van der Waals surface area contributed by atoms with Crippen LogP contribution in [-0.4, -0.2) is 69.8 Å². The van der Waals surface area contributed by atoms with Gasteiger partial charge in [-0.1, -0.05) is 55.3 Å². The van der Waals surface area contributed by atoms with Crippen LogP contribution in [0, 0.1) is 18.8 Å². The number of oxime groups is 1. The van der Waals surface area contributed by atoms with E-state index in [9.17, 15) is 5.11 Å². The first-order chi connectivity index (χ1) is 20.5. The van der Waals surface area contributed by atoms with Gasteiger partial charge >= 0.3 is 6.41 Å². The molecule has 42 heavy (non-hydrogen) atoms. The lowest BCUT2D eigenvalue weighted by Gasteiger charge is -2.44. The van der Waals surface area contributed by atoms with Gasteiger partial charge in [0.2, 0.25) is 11.7 Å². The summed E-state index contributed by atoms with van der Waals surface area (Å²) in [6.45, 7) is 7.35. The van der Waals surface area contributed by atoms with Gasteiger partial charge in [-0.2, -0.15) is 0 Å². The fourth-order valence-electron chi connectivity index (χ4n) is 6.63. The molecular formula is C31H38N8O3. The molecule has 3 aliphatic heterocycles. The molecule has 3 aromatic rings. The van der Waals surface area contributed by atoms with Crippen LogP contribution in [0.4, 0.5) is 11.5 Å². The Hall–Kier alpha value is -3.80. The summed E-state index contributed by atoms with van der Waals surface area (Å²) in [5, 5.41) is 20.5. The number of aryl methyl sites for hydroxylation is 1. The Balaban J connectivity index is 1.34. The lowest BCUT2D eigenvalue weighted by molar-refractivity contribution is -0.0896. The average Bonchev–Trinajstić information content (AvgIpc) is 3.62. The topological polar surface area (TPSA) is 120 Å². The van der Waals surface area contributed by atoms with Gasteiger partial charge in [0.1, 0.15) is 11.4 Å². The van der Waals surface area contributed by atoms with Gasteiger partial charge in [0.05, 0.1) is 19.3 Å². The molecule has 220 valence electrons. The van der Waals surface area contributed by atoms with Crippen LogP contribution >= 0.6 is 0 Å². The number of rotatable bonds is 6. The number of nitrogens with one attached hydrogen (secondary N) is 2. The van der Waals surface area contributed by atoms with E-state index in [2.05, 4.69) is 73.9 Å². The Morgan fingerprint density at radius 2 is 1.88 bits per heavy atom. The van der Waals surface area contributed by atoms with E-state index >= 15 is 0 Å². The molecule has 1 aliphatic carbocycles. The number of benzene rings is 1. The minimum atomic E-state index is -1.23. The zero-order valence-corrected chi connectivity index (χ0v) is 24.1. The van der Waals surface area contributed by atoms with Gasteiger partial charge in [-0.05, 0) is 48.8 Å². The Morgan fingerprint density at radius 1 is 1.05 bits per heavy atom. The van der Waals surface area contributed by atoms with Crippen LogP contribution in [0.2, 0.25) is 0 Å². The van der Waals surface area contributed by atoms with Crippen molar-refractivity contribution in [1.29, 1.82) is 0 Å². The van der Waals surface area contributed by atoms with Gasteiger partial charge < -0.3 is 30.2 Å². The molecule has 1 unspecified atom stereocenters. The summed E-state index contributed by atoms with van der Waals surface area (Å²) in [6.07, 6.45) is 7.25. The number of anilines is 2. The van der Waals surface area contributed by atoms with Crippen molar-refractivity contribution in [3.8, 4) is 11.3 Å². The Kier molecular flexibility index (Phi) is 7.39. The highest BCUT2D eigenvalue weighted by Gasteiger charge is 2.43. The predicted molar refractivity (Wildman–Crippen MR) is 159 cm³/mol. The van der Waals surface area contributed by atoms with E-state index in [1.807, 2.05) is 19.3 Å². The van der Waals surface area contributed by atoms with E-state index in [0.717, 1.165) is 47.3 Å². The summed E-state index contributed by atoms with van der Waals surface area (Å²) in [4.78, 5) is 24.5. The van der Waals surface area contributed by atoms with Gasteiger partial charge in [-0.15, -0.1) is 0 Å². The largest absolute Gasteiger partial charge is 0.378 e. The second-order valence-corrected chi connectivity index (χ2v) is 11.9. The van der Waals surface area contributed by atoms with E-state index in [4.69, 9.17) is 19.5 Å². The molecule has 1 saturated heterocycles. The maximum absolute atomic E-state index is 9.91. The minimum Gasteiger partial charge on any atom is -0.378 e. The summed E-state index contributed by atoms with van der Waals surface area (Å²) in [5.74, 6) is 2.72. The molecule has 1 saturated carbocycles. The van der Waals surface area contributed by atoms with Crippen molar-refractivity contribution in [3.05, 3.63) is 65.7 Å². The Bertz CT molecular complexity index is 1450. The van der Waals surface area contributed by atoms with Gasteiger partial charge in [-0.25, -0.2) is 9.97 Å². The number of nitrogens with zero attached hydrogens (tertiary/aromatic N) is 6. The molecule has 4 aliphatic rings. The summed E-state index contributed by atoms with van der Waals surface area (Å²) in [7, 11) is 0. The molecule has 11 nitrogen and oxygen atoms in total.